The zero-order valence-electron chi connectivity index (χ0n) is 16.9. The molecule has 0 spiro atoms. The SMILES string of the molecule is C[C@H](NS(=O)(=O)c1ccccc1C(F)(F)F)C(=O)NCCCN(C)c1ccccc1F. The van der Waals surface area contributed by atoms with E-state index in [0.717, 1.165) is 12.1 Å². The lowest BCUT2D eigenvalue weighted by molar-refractivity contribution is -0.139. The highest BCUT2D eigenvalue weighted by molar-refractivity contribution is 7.89. The van der Waals surface area contributed by atoms with E-state index in [1.54, 1.807) is 30.1 Å². The molecular formula is C20H23F4N3O3S. The highest BCUT2D eigenvalue weighted by atomic mass is 32.2. The van der Waals surface area contributed by atoms with E-state index in [0.29, 0.717) is 24.7 Å². The van der Waals surface area contributed by atoms with Gasteiger partial charge in [0.1, 0.15) is 5.82 Å². The van der Waals surface area contributed by atoms with Crippen LogP contribution >= 0.6 is 0 Å². The molecule has 2 N–H and O–H groups in total. The molecular weight excluding hydrogens is 438 g/mol. The van der Waals surface area contributed by atoms with E-state index in [4.69, 9.17) is 0 Å². The van der Waals surface area contributed by atoms with Gasteiger partial charge in [0.05, 0.1) is 22.2 Å². The van der Waals surface area contributed by atoms with Crippen LogP contribution in [0, 0.1) is 5.82 Å². The van der Waals surface area contributed by atoms with E-state index in [1.165, 1.54) is 19.1 Å². The van der Waals surface area contributed by atoms with Crippen LogP contribution in [0.2, 0.25) is 0 Å². The Balaban J connectivity index is 1.91. The van der Waals surface area contributed by atoms with E-state index in [2.05, 4.69) is 5.32 Å². The second-order valence-electron chi connectivity index (χ2n) is 6.85. The first kappa shape index (κ1) is 24.6. The number of alkyl halides is 3. The zero-order valence-corrected chi connectivity index (χ0v) is 17.7. The van der Waals surface area contributed by atoms with Crippen LogP contribution in [-0.2, 0) is 21.0 Å². The van der Waals surface area contributed by atoms with Crippen LogP contribution in [-0.4, -0.2) is 40.5 Å². The Hall–Kier alpha value is -2.66. The fourth-order valence-electron chi connectivity index (χ4n) is 2.85. The van der Waals surface area contributed by atoms with Crippen molar-refractivity contribution in [2.24, 2.45) is 0 Å². The Morgan fingerprint density at radius 1 is 1.10 bits per heavy atom. The monoisotopic (exact) mass is 461 g/mol. The number of rotatable bonds is 9. The minimum atomic E-state index is -4.86. The highest BCUT2D eigenvalue weighted by Crippen LogP contribution is 2.33. The van der Waals surface area contributed by atoms with Gasteiger partial charge in [0, 0.05) is 20.1 Å². The molecule has 11 heteroatoms. The Bertz CT molecular complexity index is 1010. The normalized spacial score (nSPS) is 13.0. The number of amides is 1. The first-order chi connectivity index (χ1) is 14.4. The molecule has 0 aliphatic heterocycles. The molecule has 2 aromatic rings. The fraction of sp³-hybridized carbons (Fsp3) is 0.350. The summed E-state index contributed by atoms with van der Waals surface area (Å²) < 4.78 is 79.8. The summed E-state index contributed by atoms with van der Waals surface area (Å²) in [5.41, 5.74) is -0.912. The number of nitrogens with one attached hydrogen (secondary N) is 2. The number of sulfonamides is 1. The first-order valence-corrected chi connectivity index (χ1v) is 10.8. The lowest BCUT2D eigenvalue weighted by atomic mass is 10.2. The molecule has 2 rings (SSSR count). The van der Waals surface area contributed by atoms with Crippen molar-refractivity contribution in [2.45, 2.75) is 30.5 Å². The Labute approximate surface area is 178 Å². The predicted octanol–water partition coefficient (Wildman–Crippen LogP) is 3.15. The number of benzene rings is 2. The fourth-order valence-corrected chi connectivity index (χ4v) is 4.28. The van der Waals surface area contributed by atoms with Gasteiger partial charge >= 0.3 is 6.18 Å². The van der Waals surface area contributed by atoms with Gasteiger partial charge in [0.25, 0.3) is 0 Å². The molecule has 1 atom stereocenters. The van der Waals surface area contributed by atoms with Crippen molar-refractivity contribution in [3.63, 3.8) is 0 Å². The van der Waals surface area contributed by atoms with Gasteiger partial charge in [-0.1, -0.05) is 24.3 Å². The molecule has 0 aliphatic carbocycles. The van der Waals surface area contributed by atoms with Crippen LogP contribution in [0.15, 0.2) is 53.4 Å². The smallest absolute Gasteiger partial charge is 0.372 e. The molecule has 0 aromatic heterocycles. The maximum Gasteiger partial charge on any atom is 0.417 e. The van der Waals surface area contributed by atoms with Gasteiger partial charge in [-0.2, -0.15) is 17.9 Å². The number of halogens is 4. The van der Waals surface area contributed by atoms with Gasteiger partial charge in [-0.05, 0) is 37.6 Å². The van der Waals surface area contributed by atoms with Gasteiger partial charge in [0.2, 0.25) is 15.9 Å². The molecule has 0 heterocycles. The van der Waals surface area contributed by atoms with Crippen molar-refractivity contribution in [1.29, 1.82) is 0 Å². The van der Waals surface area contributed by atoms with Crippen LogP contribution in [0.1, 0.15) is 18.9 Å². The summed E-state index contributed by atoms with van der Waals surface area (Å²) >= 11 is 0. The molecule has 1 amide bonds. The molecule has 0 aliphatic rings. The molecule has 0 bridgehead atoms. The summed E-state index contributed by atoms with van der Waals surface area (Å²) in [7, 11) is -2.89. The van der Waals surface area contributed by atoms with Crippen molar-refractivity contribution < 1.29 is 30.8 Å². The lowest BCUT2D eigenvalue weighted by Crippen LogP contribution is -2.45. The number of hydrogen-bond acceptors (Lipinski definition) is 4. The molecule has 0 radical (unpaired) electrons. The summed E-state index contributed by atoms with van der Waals surface area (Å²) in [6.45, 7) is 1.82. The Morgan fingerprint density at radius 2 is 1.71 bits per heavy atom. The highest BCUT2D eigenvalue weighted by Gasteiger charge is 2.37. The van der Waals surface area contributed by atoms with Gasteiger partial charge in [-0.25, -0.2) is 12.8 Å². The van der Waals surface area contributed by atoms with Crippen LogP contribution < -0.4 is 14.9 Å². The predicted molar refractivity (Wildman–Crippen MR) is 109 cm³/mol. The van der Waals surface area contributed by atoms with Crippen molar-refractivity contribution in [1.82, 2.24) is 10.0 Å². The topological polar surface area (TPSA) is 78.5 Å². The number of para-hydroxylation sites is 1. The second kappa shape index (κ2) is 10.1. The third-order valence-electron chi connectivity index (χ3n) is 4.44. The lowest BCUT2D eigenvalue weighted by Gasteiger charge is -2.20. The third-order valence-corrected chi connectivity index (χ3v) is 6.04. The largest absolute Gasteiger partial charge is 0.417 e. The van der Waals surface area contributed by atoms with Gasteiger partial charge in [-0.15, -0.1) is 0 Å². The van der Waals surface area contributed by atoms with Crippen molar-refractivity contribution >= 4 is 21.6 Å². The Morgan fingerprint density at radius 3 is 2.35 bits per heavy atom. The van der Waals surface area contributed by atoms with Gasteiger partial charge in [0.15, 0.2) is 0 Å². The first-order valence-electron chi connectivity index (χ1n) is 9.35. The van der Waals surface area contributed by atoms with Crippen LogP contribution in [0.5, 0.6) is 0 Å². The molecule has 0 unspecified atom stereocenters. The molecule has 170 valence electrons. The van der Waals surface area contributed by atoms with E-state index in [9.17, 15) is 30.8 Å². The number of anilines is 1. The van der Waals surface area contributed by atoms with E-state index < -0.39 is 38.6 Å². The van der Waals surface area contributed by atoms with E-state index >= 15 is 0 Å². The molecule has 31 heavy (non-hydrogen) atoms. The number of nitrogens with zero attached hydrogens (tertiary/aromatic N) is 1. The molecule has 0 fully saturated rings. The summed E-state index contributed by atoms with van der Waals surface area (Å²) in [4.78, 5) is 12.9. The molecule has 6 nitrogen and oxygen atoms in total. The molecule has 2 aromatic carbocycles. The van der Waals surface area contributed by atoms with Crippen LogP contribution in [0.25, 0.3) is 0 Å². The third kappa shape index (κ3) is 6.66. The number of carbonyl (C=O) groups is 1. The maximum atomic E-state index is 13.7. The summed E-state index contributed by atoms with van der Waals surface area (Å²) in [6.07, 6.45) is -4.42. The van der Waals surface area contributed by atoms with Crippen molar-refractivity contribution in [3.8, 4) is 0 Å². The van der Waals surface area contributed by atoms with E-state index in [1.807, 2.05) is 4.72 Å². The standard InChI is InChI=1S/C20H23F4N3O3S/c1-14(26-31(29,30)18-11-6-3-8-15(18)20(22,23)24)19(28)25-12-7-13-27(2)17-10-5-4-9-16(17)21/h3-6,8-11,14,26H,7,12-13H2,1-2H3,(H,25,28)/t14-/m0/s1. The Kier molecular flexibility index (Phi) is 8.02. The van der Waals surface area contributed by atoms with Crippen LogP contribution in [0.4, 0.5) is 23.2 Å². The minimum absolute atomic E-state index is 0.169. The van der Waals surface area contributed by atoms with Crippen LogP contribution in [0.3, 0.4) is 0 Å². The van der Waals surface area contributed by atoms with E-state index in [-0.39, 0.29) is 12.4 Å². The van der Waals surface area contributed by atoms with Crippen molar-refractivity contribution in [2.75, 3.05) is 25.0 Å². The average Bonchev–Trinajstić information content (AvgIpc) is 2.70. The number of carbonyl (C=O) groups excluding carboxylic acids is 1. The summed E-state index contributed by atoms with van der Waals surface area (Å²) in [5, 5.41) is 2.51. The maximum absolute atomic E-state index is 13.7. The number of hydrogen-bond donors (Lipinski definition) is 2. The zero-order chi connectivity index (χ0) is 23.2. The second-order valence-corrected chi connectivity index (χ2v) is 8.54. The summed E-state index contributed by atoms with van der Waals surface area (Å²) in [6, 6.07) is 8.65. The van der Waals surface area contributed by atoms with Gasteiger partial charge in [-0.3, -0.25) is 4.79 Å². The van der Waals surface area contributed by atoms with Gasteiger partial charge < -0.3 is 10.2 Å². The molecule has 0 saturated heterocycles. The minimum Gasteiger partial charge on any atom is -0.372 e. The molecule has 0 saturated carbocycles. The van der Waals surface area contributed by atoms with Crippen molar-refractivity contribution in [3.05, 3.63) is 59.9 Å². The quantitative estimate of drug-likeness (QED) is 0.444. The summed E-state index contributed by atoms with van der Waals surface area (Å²) in [5.74, 6) is -1.07. The average molecular weight is 461 g/mol.